The summed E-state index contributed by atoms with van der Waals surface area (Å²) in [6.07, 6.45) is 2.45. The quantitative estimate of drug-likeness (QED) is 0.877. The lowest BCUT2D eigenvalue weighted by molar-refractivity contribution is 0.0285. The van der Waals surface area contributed by atoms with Gasteiger partial charge < -0.3 is 9.84 Å². The van der Waals surface area contributed by atoms with E-state index in [2.05, 4.69) is 4.90 Å². The van der Waals surface area contributed by atoms with Crippen LogP contribution in [0.3, 0.4) is 0 Å². The summed E-state index contributed by atoms with van der Waals surface area (Å²) < 4.78 is 18.5. The summed E-state index contributed by atoms with van der Waals surface area (Å²) in [6.45, 7) is 2.52. The molecular weight excluding hydrogens is 221 g/mol. The Balaban J connectivity index is 2.00. The largest absolute Gasteiger partial charge is 0.508 e. The smallest absolute Gasteiger partial charge is 0.127 e. The maximum atomic E-state index is 13.1. The fourth-order valence-electron chi connectivity index (χ4n) is 2.33. The molecule has 0 aliphatic carbocycles. The first-order valence-electron chi connectivity index (χ1n) is 5.91. The second kappa shape index (κ2) is 5.47. The minimum absolute atomic E-state index is 0.0136. The highest BCUT2D eigenvalue weighted by Gasteiger charge is 2.19. The van der Waals surface area contributed by atoms with E-state index in [1.54, 1.807) is 13.2 Å². The number of likely N-dealkylation sites (tertiary alicyclic amines) is 1. The Bertz CT molecular complexity index is 363. The predicted octanol–water partition coefficient (Wildman–Crippen LogP) is 2.14. The number of ether oxygens (including phenoxy) is 1. The molecule has 17 heavy (non-hydrogen) atoms. The Morgan fingerprint density at radius 2 is 2.29 bits per heavy atom. The molecule has 0 amide bonds. The zero-order chi connectivity index (χ0) is 12.3. The number of phenols is 1. The van der Waals surface area contributed by atoms with Crippen LogP contribution in [0.4, 0.5) is 4.39 Å². The molecule has 1 aliphatic heterocycles. The molecule has 1 unspecified atom stereocenters. The van der Waals surface area contributed by atoms with Crippen molar-refractivity contribution in [2.24, 2.45) is 0 Å². The van der Waals surface area contributed by atoms with Gasteiger partial charge in [0.25, 0.3) is 0 Å². The number of nitrogens with zero attached hydrogens (tertiary/aromatic N) is 1. The Labute approximate surface area is 101 Å². The van der Waals surface area contributed by atoms with Crippen molar-refractivity contribution >= 4 is 0 Å². The van der Waals surface area contributed by atoms with Gasteiger partial charge in [0.1, 0.15) is 11.6 Å². The maximum Gasteiger partial charge on any atom is 0.127 e. The van der Waals surface area contributed by atoms with Crippen LogP contribution in [0.1, 0.15) is 18.4 Å². The lowest BCUT2D eigenvalue weighted by Crippen LogP contribution is -2.38. The van der Waals surface area contributed by atoms with Crippen molar-refractivity contribution in [2.75, 3.05) is 20.2 Å². The summed E-state index contributed by atoms with van der Waals surface area (Å²) in [5, 5.41) is 9.34. The minimum atomic E-state index is -0.389. The van der Waals surface area contributed by atoms with E-state index in [0.29, 0.717) is 6.54 Å². The number of phenolic OH excluding ortho intramolecular Hbond substituents is 1. The van der Waals surface area contributed by atoms with Crippen LogP contribution in [-0.2, 0) is 11.3 Å². The van der Waals surface area contributed by atoms with Gasteiger partial charge in [-0.15, -0.1) is 0 Å². The number of aromatic hydroxyl groups is 1. The summed E-state index contributed by atoms with van der Waals surface area (Å²) in [5.41, 5.74) is 0.805. The predicted molar refractivity (Wildman–Crippen MR) is 63.4 cm³/mol. The third-order valence-corrected chi connectivity index (χ3v) is 3.14. The fourth-order valence-corrected chi connectivity index (χ4v) is 2.33. The van der Waals surface area contributed by atoms with Crippen LogP contribution in [0.25, 0.3) is 0 Å². The van der Waals surface area contributed by atoms with Gasteiger partial charge in [-0.1, -0.05) is 0 Å². The Kier molecular flexibility index (Phi) is 3.97. The van der Waals surface area contributed by atoms with Crippen molar-refractivity contribution in [3.05, 3.63) is 29.6 Å². The number of piperidine rings is 1. The van der Waals surface area contributed by atoms with Crippen LogP contribution in [0.15, 0.2) is 18.2 Å². The number of hydrogen-bond acceptors (Lipinski definition) is 3. The molecule has 1 atom stereocenters. The van der Waals surface area contributed by atoms with E-state index in [1.165, 1.54) is 6.07 Å². The van der Waals surface area contributed by atoms with Gasteiger partial charge in [0.05, 0.1) is 6.10 Å². The van der Waals surface area contributed by atoms with Crippen LogP contribution in [-0.4, -0.2) is 36.3 Å². The van der Waals surface area contributed by atoms with Crippen LogP contribution >= 0.6 is 0 Å². The molecule has 1 aromatic rings. The van der Waals surface area contributed by atoms with Crippen LogP contribution < -0.4 is 0 Å². The number of rotatable bonds is 3. The van der Waals surface area contributed by atoms with E-state index in [1.807, 2.05) is 0 Å². The molecule has 0 bridgehead atoms. The summed E-state index contributed by atoms with van der Waals surface area (Å²) in [4.78, 5) is 2.23. The highest BCUT2D eigenvalue weighted by Crippen LogP contribution is 2.19. The standard InChI is InChI=1S/C13H18FNO2/c1-17-13-3-2-4-15(9-13)8-10-5-11(14)7-12(16)6-10/h5-7,13,16H,2-4,8-9H2,1H3. The monoisotopic (exact) mass is 239 g/mol. The van der Waals surface area contributed by atoms with Crippen molar-refractivity contribution in [3.8, 4) is 5.75 Å². The molecule has 0 aromatic heterocycles. The molecule has 1 N–H and O–H groups in total. The lowest BCUT2D eigenvalue weighted by atomic mass is 10.1. The number of halogens is 1. The average Bonchev–Trinajstić information content (AvgIpc) is 2.28. The zero-order valence-corrected chi connectivity index (χ0v) is 10.0. The highest BCUT2D eigenvalue weighted by molar-refractivity contribution is 5.28. The van der Waals surface area contributed by atoms with E-state index in [0.717, 1.165) is 37.6 Å². The Morgan fingerprint density at radius 1 is 1.47 bits per heavy atom. The van der Waals surface area contributed by atoms with Gasteiger partial charge in [-0.3, -0.25) is 4.90 Å². The van der Waals surface area contributed by atoms with Gasteiger partial charge in [-0.05, 0) is 37.1 Å². The molecule has 94 valence electrons. The molecular formula is C13H18FNO2. The summed E-state index contributed by atoms with van der Waals surface area (Å²) in [6, 6.07) is 4.20. The molecule has 0 saturated carbocycles. The average molecular weight is 239 g/mol. The van der Waals surface area contributed by atoms with Crippen molar-refractivity contribution in [1.82, 2.24) is 4.90 Å². The molecule has 1 fully saturated rings. The van der Waals surface area contributed by atoms with Gasteiger partial charge in [-0.25, -0.2) is 4.39 Å². The minimum Gasteiger partial charge on any atom is -0.508 e. The topological polar surface area (TPSA) is 32.7 Å². The van der Waals surface area contributed by atoms with Crippen LogP contribution in [0.5, 0.6) is 5.75 Å². The zero-order valence-electron chi connectivity index (χ0n) is 10.0. The van der Waals surface area contributed by atoms with E-state index in [4.69, 9.17) is 4.74 Å². The number of hydrogen-bond donors (Lipinski definition) is 1. The van der Waals surface area contributed by atoms with Crippen molar-refractivity contribution in [3.63, 3.8) is 0 Å². The molecule has 1 saturated heterocycles. The number of methoxy groups -OCH3 is 1. The Morgan fingerprint density at radius 3 is 3.00 bits per heavy atom. The molecule has 1 aromatic carbocycles. The summed E-state index contributed by atoms with van der Waals surface area (Å²) in [7, 11) is 1.72. The molecule has 1 aliphatic rings. The molecule has 4 heteroatoms. The van der Waals surface area contributed by atoms with Crippen molar-refractivity contribution in [1.29, 1.82) is 0 Å². The SMILES string of the molecule is COC1CCCN(Cc2cc(O)cc(F)c2)C1. The first-order chi connectivity index (χ1) is 8.17. The first-order valence-corrected chi connectivity index (χ1v) is 5.91. The highest BCUT2D eigenvalue weighted by atomic mass is 19.1. The van der Waals surface area contributed by atoms with Crippen molar-refractivity contribution in [2.45, 2.75) is 25.5 Å². The van der Waals surface area contributed by atoms with E-state index >= 15 is 0 Å². The van der Waals surface area contributed by atoms with Crippen LogP contribution in [0, 0.1) is 5.82 Å². The third-order valence-electron chi connectivity index (χ3n) is 3.14. The van der Waals surface area contributed by atoms with Gasteiger partial charge in [-0.2, -0.15) is 0 Å². The molecule has 0 spiro atoms. The van der Waals surface area contributed by atoms with Gasteiger partial charge >= 0.3 is 0 Å². The van der Waals surface area contributed by atoms with Gasteiger partial charge in [0, 0.05) is 26.3 Å². The summed E-state index contributed by atoms with van der Waals surface area (Å²) >= 11 is 0. The van der Waals surface area contributed by atoms with E-state index < -0.39 is 0 Å². The lowest BCUT2D eigenvalue weighted by Gasteiger charge is -2.31. The van der Waals surface area contributed by atoms with Gasteiger partial charge in [0.2, 0.25) is 0 Å². The third kappa shape index (κ3) is 3.41. The molecule has 3 nitrogen and oxygen atoms in total. The van der Waals surface area contributed by atoms with E-state index in [-0.39, 0.29) is 17.7 Å². The van der Waals surface area contributed by atoms with E-state index in [9.17, 15) is 9.50 Å². The first kappa shape index (κ1) is 12.3. The normalized spacial score (nSPS) is 21.6. The molecule has 2 rings (SSSR count). The molecule has 1 heterocycles. The van der Waals surface area contributed by atoms with Crippen molar-refractivity contribution < 1.29 is 14.2 Å². The maximum absolute atomic E-state index is 13.1. The number of benzene rings is 1. The van der Waals surface area contributed by atoms with Gasteiger partial charge in [0.15, 0.2) is 0 Å². The fraction of sp³-hybridized carbons (Fsp3) is 0.538. The molecule has 0 radical (unpaired) electrons. The summed E-state index contributed by atoms with van der Waals surface area (Å²) in [5.74, 6) is -0.402. The van der Waals surface area contributed by atoms with Crippen LogP contribution in [0.2, 0.25) is 0 Å². The second-order valence-corrected chi connectivity index (χ2v) is 4.55. The second-order valence-electron chi connectivity index (χ2n) is 4.55. The Hall–Kier alpha value is -1.13.